The van der Waals surface area contributed by atoms with E-state index < -0.39 is 31.4 Å². The fourth-order valence-electron chi connectivity index (χ4n) is 1.23. The van der Waals surface area contributed by atoms with Gasteiger partial charge in [0.1, 0.15) is 16.4 Å². The molecule has 0 aliphatic heterocycles. The van der Waals surface area contributed by atoms with E-state index in [9.17, 15) is 16.8 Å². The summed E-state index contributed by atoms with van der Waals surface area (Å²) in [4.78, 5) is 0.717. The molecule has 0 aliphatic carbocycles. The highest BCUT2D eigenvalue weighted by atomic mass is 32.2. The van der Waals surface area contributed by atoms with Crippen molar-refractivity contribution in [3.8, 4) is 11.8 Å². The molecule has 0 spiro atoms. The molecule has 0 radical (unpaired) electrons. The van der Waals surface area contributed by atoms with Crippen LogP contribution in [0.4, 0.5) is 0 Å². The SMILES string of the molecule is CS(=O)(=O)CCS(=O)(=O)NCc1sccc1C#CCO. The van der Waals surface area contributed by atoms with Gasteiger partial charge >= 0.3 is 0 Å². The largest absolute Gasteiger partial charge is 0.384 e. The molecule has 1 heterocycles. The van der Waals surface area contributed by atoms with Gasteiger partial charge in [-0.15, -0.1) is 11.3 Å². The lowest BCUT2D eigenvalue weighted by Gasteiger charge is -2.05. The average Bonchev–Trinajstić information content (AvgIpc) is 2.78. The van der Waals surface area contributed by atoms with Crippen LogP contribution in [0.1, 0.15) is 10.4 Å². The molecule has 1 aromatic heterocycles. The third kappa shape index (κ3) is 6.49. The molecule has 1 rings (SSSR count). The first-order valence-corrected chi connectivity index (χ1v) is 10.1. The Balaban J connectivity index is 2.65. The van der Waals surface area contributed by atoms with Gasteiger partial charge in [-0.1, -0.05) is 11.8 Å². The van der Waals surface area contributed by atoms with Crippen molar-refractivity contribution < 1.29 is 21.9 Å². The second kappa shape index (κ2) is 7.19. The maximum absolute atomic E-state index is 11.7. The first kappa shape index (κ1) is 17.1. The van der Waals surface area contributed by atoms with E-state index >= 15 is 0 Å². The highest BCUT2D eigenvalue weighted by Gasteiger charge is 2.15. The molecule has 0 amide bonds. The lowest BCUT2D eigenvalue weighted by atomic mass is 10.2. The number of aliphatic hydroxyl groups is 1. The van der Waals surface area contributed by atoms with Crippen LogP contribution in [-0.2, 0) is 26.4 Å². The lowest BCUT2D eigenvalue weighted by Crippen LogP contribution is -2.29. The summed E-state index contributed by atoms with van der Waals surface area (Å²) < 4.78 is 47.5. The Morgan fingerprint density at radius 2 is 2.00 bits per heavy atom. The van der Waals surface area contributed by atoms with Gasteiger partial charge in [0.2, 0.25) is 10.0 Å². The molecule has 0 bridgehead atoms. The molecule has 2 N–H and O–H groups in total. The van der Waals surface area contributed by atoms with E-state index in [-0.39, 0.29) is 13.2 Å². The van der Waals surface area contributed by atoms with Crippen LogP contribution in [0.2, 0.25) is 0 Å². The van der Waals surface area contributed by atoms with E-state index in [1.54, 1.807) is 11.4 Å². The monoisotopic (exact) mass is 337 g/mol. The molecule has 20 heavy (non-hydrogen) atoms. The number of thiophene rings is 1. The van der Waals surface area contributed by atoms with Gasteiger partial charge in [-0.3, -0.25) is 0 Å². The molecule has 0 aromatic carbocycles. The topological polar surface area (TPSA) is 101 Å². The molecule has 0 fully saturated rings. The molecule has 112 valence electrons. The predicted molar refractivity (Wildman–Crippen MR) is 78.6 cm³/mol. The third-order valence-electron chi connectivity index (χ3n) is 2.22. The average molecular weight is 337 g/mol. The van der Waals surface area contributed by atoms with Crippen molar-refractivity contribution in [2.75, 3.05) is 24.4 Å². The van der Waals surface area contributed by atoms with Crippen LogP contribution in [0.3, 0.4) is 0 Å². The Bertz CT molecular complexity index is 707. The number of sulfone groups is 1. The van der Waals surface area contributed by atoms with E-state index in [0.717, 1.165) is 6.26 Å². The minimum absolute atomic E-state index is 0.0548. The summed E-state index contributed by atoms with van der Waals surface area (Å²) >= 11 is 1.33. The molecule has 0 atom stereocenters. The predicted octanol–water partition coefficient (Wildman–Crippen LogP) is -0.444. The normalized spacial score (nSPS) is 11.9. The minimum Gasteiger partial charge on any atom is -0.384 e. The van der Waals surface area contributed by atoms with Crippen LogP contribution >= 0.6 is 11.3 Å². The van der Waals surface area contributed by atoms with Crippen molar-refractivity contribution in [3.05, 3.63) is 21.9 Å². The van der Waals surface area contributed by atoms with Crippen molar-refractivity contribution in [1.29, 1.82) is 0 Å². The molecule has 0 unspecified atom stereocenters. The van der Waals surface area contributed by atoms with E-state index in [0.29, 0.717) is 10.4 Å². The van der Waals surface area contributed by atoms with Gasteiger partial charge in [-0.25, -0.2) is 21.6 Å². The lowest BCUT2D eigenvalue weighted by molar-refractivity contribution is 0.350. The maximum atomic E-state index is 11.7. The fourth-order valence-corrected chi connectivity index (χ4v) is 4.69. The van der Waals surface area contributed by atoms with Gasteiger partial charge in [0.05, 0.1) is 11.5 Å². The molecular formula is C11H15NO5S3. The summed E-state index contributed by atoms with van der Waals surface area (Å²) in [5, 5.41) is 10.4. The molecule has 0 aliphatic rings. The summed E-state index contributed by atoms with van der Waals surface area (Å²) in [5.74, 6) is 4.33. The van der Waals surface area contributed by atoms with Gasteiger partial charge in [0, 0.05) is 23.2 Å². The van der Waals surface area contributed by atoms with Crippen LogP contribution in [-0.4, -0.2) is 46.3 Å². The van der Waals surface area contributed by atoms with Crippen LogP contribution in [0.15, 0.2) is 11.4 Å². The Hall–Kier alpha value is -0.920. The second-order valence-corrected chi connectivity index (χ2v) is 9.17. The first-order chi connectivity index (χ1) is 9.23. The fraction of sp³-hybridized carbons (Fsp3) is 0.455. The van der Waals surface area contributed by atoms with Gasteiger partial charge in [0.15, 0.2) is 0 Å². The van der Waals surface area contributed by atoms with Gasteiger partial charge in [-0.2, -0.15) is 0 Å². The number of nitrogens with one attached hydrogen (secondary N) is 1. The standard InChI is InChI=1S/C11H15NO5S3/c1-19(14,15)7-8-20(16,17)12-9-11-10(3-2-5-13)4-6-18-11/h4,6,12-13H,5,7-9H2,1H3. The van der Waals surface area contributed by atoms with Crippen molar-refractivity contribution in [2.24, 2.45) is 0 Å². The zero-order valence-corrected chi connectivity index (χ0v) is 13.2. The second-order valence-electron chi connectivity index (χ2n) is 3.99. The molecule has 0 saturated heterocycles. The van der Waals surface area contributed by atoms with Crippen molar-refractivity contribution in [3.63, 3.8) is 0 Å². The van der Waals surface area contributed by atoms with Crippen LogP contribution in [0, 0.1) is 11.8 Å². The zero-order valence-electron chi connectivity index (χ0n) is 10.8. The van der Waals surface area contributed by atoms with Gasteiger partial charge in [-0.05, 0) is 11.4 Å². The van der Waals surface area contributed by atoms with Gasteiger partial charge < -0.3 is 5.11 Å². The van der Waals surface area contributed by atoms with Crippen molar-refractivity contribution in [2.45, 2.75) is 6.54 Å². The molecule has 0 saturated carbocycles. The number of rotatable bonds is 6. The highest BCUT2D eigenvalue weighted by Crippen LogP contribution is 2.15. The zero-order chi connectivity index (χ0) is 15.2. The number of hydrogen-bond donors (Lipinski definition) is 2. The first-order valence-electron chi connectivity index (χ1n) is 5.55. The third-order valence-corrected chi connectivity index (χ3v) is 5.67. The summed E-state index contributed by atoms with van der Waals surface area (Å²) in [6.45, 7) is -0.214. The number of sulfonamides is 1. The van der Waals surface area contributed by atoms with E-state index in [2.05, 4.69) is 16.6 Å². The molecule has 1 aromatic rings. The van der Waals surface area contributed by atoms with Gasteiger partial charge in [0.25, 0.3) is 0 Å². The number of aliphatic hydroxyl groups excluding tert-OH is 1. The Labute approximate surface area is 122 Å². The molecule has 6 nitrogen and oxygen atoms in total. The van der Waals surface area contributed by atoms with E-state index in [1.165, 1.54) is 11.3 Å². The summed E-state index contributed by atoms with van der Waals surface area (Å²) in [6, 6.07) is 1.73. The van der Waals surface area contributed by atoms with Crippen LogP contribution in [0.25, 0.3) is 0 Å². The van der Waals surface area contributed by atoms with E-state index in [4.69, 9.17) is 5.11 Å². The maximum Gasteiger partial charge on any atom is 0.212 e. The molecular weight excluding hydrogens is 322 g/mol. The van der Waals surface area contributed by atoms with Crippen molar-refractivity contribution in [1.82, 2.24) is 4.72 Å². The summed E-state index contributed by atoms with van der Waals surface area (Å²) in [6.07, 6.45) is 0.990. The molecule has 9 heteroatoms. The van der Waals surface area contributed by atoms with E-state index in [1.807, 2.05) is 0 Å². The Morgan fingerprint density at radius 3 is 2.60 bits per heavy atom. The summed E-state index contributed by atoms with van der Waals surface area (Å²) in [7, 11) is -6.96. The smallest absolute Gasteiger partial charge is 0.212 e. The van der Waals surface area contributed by atoms with Crippen LogP contribution < -0.4 is 4.72 Å². The number of hydrogen-bond acceptors (Lipinski definition) is 6. The Kier molecular flexibility index (Phi) is 6.16. The summed E-state index contributed by atoms with van der Waals surface area (Å²) in [5.41, 5.74) is 0.648. The van der Waals surface area contributed by atoms with Crippen LogP contribution in [0.5, 0.6) is 0 Å². The quantitative estimate of drug-likeness (QED) is 0.685. The minimum atomic E-state index is -3.65. The van der Waals surface area contributed by atoms with Crippen molar-refractivity contribution >= 4 is 31.2 Å². The highest BCUT2D eigenvalue weighted by molar-refractivity contribution is 7.93. The Morgan fingerprint density at radius 1 is 1.30 bits per heavy atom.